The highest BCUT2D eigenvalue weighted by molar-refractivity contribution is 8.15. The van der Waals surface area contributed by atoms with E-state index in [9.17, 15) is 0 Å². The Hall–Kier alpha value is -1.49. The van der Waals surface area contributed by atoms with Gasteiger partial charge in [0.25, 0.3) is 0 Å². The topological polar surface area (TPSA) is 52.5 Å². The zero-order chi connectivity index (χ0) is 15.4. The summed E-state index contributed by atoms with van der Waals surface area (Å²) >= 11 is 7.77. The molecule has 0 amide bonds. The first-order valence-corrected chi connectivity index (χ1v) is 8.43. The van der Waals surface area contributed by atoms with Crippen LogP contribution in [-0.2, 0) is 4.87 Å². The van der Waals surface area contributed by atoms with Crippen molar-refractivity contribution in [3.05, 3.63) is 70.7 Å². The first-order valence-electron chi connectivity index (χ1n) is 7.24. The number of nitrogens with two attached hydrogens (primary N) is 1. The van der Waals surface area contributed by atoms with Gasteiger partial charge in [0.05, 0.1) is 0 Å². The Balaban J connectivity index is 1.89. The van der Waals surface area contributed by atoms with Crippen LogP contribution in [0.25, 0.3) is 0 Å². The molecular formula is C17H17ClN3S. The number of benzene rings is 2. The highest BCUT2D eigenvalue weighted by Gasteiger charge is 2.40. The molecule has 1 atom stereocenters. The van der Waals surface area contributed by atoms with E-state index in [1.54, 1.807) is 11.8 Å². The van der Waals surface area contributed by atoms with E-state index in [1.807, 2.05) is 42.5 Å². The van der Waals surface area contributed by atoms with E-state index in [0.29, 0.717) is 11.6 Å². The van der Waals surface area contributed by atoms with E-state index >= 15 is 0 Å². The summed E-state index contributed by atoms with van der Waals surface area (Å²) in [5.74, 6) is 0. The summed E-state index contributed by atoms with van der Waals surface area (Å²) in [6.45, 7) is 0.650. The van der Waals surface area contributed by atoms with Gasteiger partial charge < -0.3 is 5.73 Å². The maximum atomic E-state index is 6.08. The lowest BCUT2D eigenvalue weighted by atomic mass is 10.0. The number of thioether (sulfide) groups is 1. The molecule has 1 radical (unpaired) electrons. The molecule has 0 aromatic heterocycles. The fourth-order valence-electron chi connectivity index (χ4n) is 2.47. The standard InChI is InChI=1S/C17H17ClN3S/c18-15-9-4-6-13(12-15)16-20-21-17(22-16,10-5-11-19)14-7-2-1-3-8-14/h1-4,6-9,12H,5,10-11,19H2. The number of nitrogens with zero attached hydrogens (tertiary/aromatic N) is 2. The van der Waals surface area contributed by atoms with Crippen LogP contribution in [0, 0.1) is 0 Å². The van der Waals surface area contributed by atoms with Gasteiger partial charge in [0, 0.05) is 10.6 Å². The molecule has 2 aromatic carbocycles. The van der Waals surface area contributed by atoms with Crippen molar-refractivity contribution in [3.63, 3.8) is 0 Å². The molecule has 0 bridgehead atoms. The third-order valence-electron chi connectivity index (χ3n) is 3.58. The summed E-state index contributed by atoms with van der Waals surface area (Å²) in [6, 6.07) is 18.0. The fraction of sp³-hybridized carbons (Fsp3) is 0.235. The van der Waals surface area contributed by atoms with Crippen LogP contribution in [0.2, 0.25) is 5.02 Å². The van der Waals surface area contributed by atoms with Crippen LogP contribution >= 0.6 is 23.4 Å². The normalized spacial score (nSPS) is 20.5. The summed E-state index contributed by atoms with van der Waals surface area (Å²) in [7, 11) is 0. The first-order chi connectivity index (χ1) is 10.7. The molecule has 3 nitrogen and oxygen atoms in total. The lowest BCUT2D eigenvalue weighted by Crippen LogP contribution is -2.28. The van der Waals surface area contributed by atoms with Crippen LogP contribution in [0.5, 0.6) is 0 Å². The molecular weight excluding hydrogens is 314 g/mol. The van der Waals surface area contributed by atoms with Crippen LogP contribution < -0.4 is 11.2 Å². The average molecular weight is 331 g/mol. The Morgan fingerprint density at radius 2 is 1.91 bits per heavy atom. The van der Waals surface area contributed by atoms with Crippen molar-refractivity contribution in [3.8, 4) is 0 Å². The predicted molar refractivity (Wildman–Crippen MR) is 94.1 cm³/mol. The quantitative estimate of drug-likeness (QED) is 0.902. The average Bonchev–Trinajstić information content (AvgIpc) is 3.00. The Morgan fingerprint density at radius 1 is 1.09 bits per heavy atom. The lowest BCUT2D eigenvalue weighted by molar-refractivity contribution is 0.455. The molecule has 5 heteroatoms. The molecule has 2 N–H and O–H groups in total. The summed E-state index contributed by atoms with van der Waals surface area (Å²) in [4.78, 5) is -0.377. The van der Waals surface area contributed by atoms with Gasteiger partial charge >= 0.3 is 0 Å². The second-order valence-electron chi connectivity index (χ2n) is 5.16. The number of hydrogen-bond donors (Lipinski definition) is 1. The molecule has 1 aliphatic heterocycles. The molecule has 2 aromatic rings. The van der Waals surface area contributed by atoms with E-state index in [1.165, 1.54) is 0 Å². The van der Waals surface area contributed by atoms with Crippen molar-refractivity contribution in [1.29, 1.82) is 0 Å². The van der Waals surface area contributed by atoms with Crippen molar-refractivity contribution in [2.75, 3.05) is 6.54 Å². The Bertz CT molecular complexity index is 675. The minimum absolute atomic E-state index is 0.377. The first kappa shape index (κ1) is 15.4. The summed E-state index contributed by atoms with van der Waals surface area (Å²) in [6.07, 6.45) is 1.77. The van der Waals surface area contributed by atoms with Crippen LogP contribution in [0.3, 0.4) is 0 Å². The van der Waals surface area contributed by atoms with Gasteiger partial charge in [0.15, 0.2) is 4.87 Å². The molecule has 1 unspecified atom stereocenters. The second kappa shape index (κ2) is 6.73. The molecule has 0 saturated carbocycles. The van der Waals surface area contributed by atoms with Crippen LogP contribution in [-0.4, -0.2) is 11.6 Å². The van der Waals surface area contributed by atoms with Crippen molar-refractivity contribution < 1.29 is 0 Å². The van der Waals surface area contributed by atoms with Gasteiger partial charge in [-0.15, -0.1) is 5.10 Å². The van der Waals surface area contributed by atoms with E-state index in [0.717, 1.165) is 29.0 Å². The van der Waals surface area contributed by atoms with E-state index in [-0.39, 0.29) is 4.87 Å². The van der Waals surface area contributed by atoms with Gasteiger partial charge in [-0.2, -0.15) is 5.43 Å². The van der Waals surface area contributed by atoms with Gasteiger partial charge in [-0.05, 0) is 37.1 Å². The van der Waals surface area contributed by atoms with Crippen LogP contribution in [0.4, 0.5) is 0 Å². The van der Waals surface area contributed by atoms with Crippen molar-refractivity contribution in [1.82, 2.24) is 5.43 Å². The molecule has 113 valence electrons. The highest BCUT2D eigenvalue weighted by atomic mass is 35.5. The van der Waals surface area contributed by atoms with Crippen LogP contribution in [0.15, 0.2) is 59.7 Å². The molecule has 0 fully saturated rings. The largest absolute Gasteiger partial charge is 0.330 e. The summed E-state index contributed by atoms with van der Waals surface area (Å²) in [5, 5.41) is 6.05. The molecule has 22 heavy (non-hydrogen) atoms. The Kier molecular flexibility index (Phi) is 4.71. The third-order valence-corrected chi connectivity index (χ3v) is 5.19. The smallest absolute Gasteiger partial charge is 0.158 e. The second-order valence-corrected chi connectivity index (χ2v) is 6.86. The number of rotatable bonds is 5. The maximum absolute atomic E-state index is 6.08. The maximum Gasteiger partial charge on any atom is 0.158 e. The van der Waals surface area contributed by atoms with Crippen molar-refractivity contribution in [2.45, 2.75) is 17.7 Å². The minimum atomic E-state index is -0.377. The molecule has 1 heterocycles. The lowest BCUT2D eigenvalue weighted by Gasteiger charge is -2.26. The van der Waals surface area contributed by atoms with Crippen molar-refractivity contribution >= 4 is 28.4 Å². The SMILES string of the molecule is NCCCC1(c2ccccc2)[N]N=C(c2cccc(Cl)c2)S1. The highest BCUT2D eigenvalue weighted by Crippen LogP contribution is 2.45. The third kappa shape index (κ3) is 3.14. The fourth-order valence-corrected chi connectivity index (χ4v) is 3.89. The van der Waals surface area contributed by atoms with Crippen molar-refractivity contribution in [2.24, 2.45) is 10.8 Å². The molecule has 0 spiro atoms. The molecule has 0 saturated heterocycles. The number of halogens is 1. The Labute approximate surface area is 139 Å². The van der Waals surface area contributed by atoms with Gasteiger partial charge in [0.2, 0.25) is 0 Å². The van der Waals surface area contributed by atoms with E-state index in [4.69, 9.17) is 17.3 Å². The van der Waals surface area contributed by atoms with E-state index in [2.05, 4.69) is 22.7 Å². The van der Waals surface area contributed by atoms with Gasteiger partial charge in [-0.1, -0.05) is 65.8 Å². The van der Waals surface area contributed by atoms with Gasteiger partial charge in [0.1, 0.15) is 5.04 Å². The van der Waals surface area contributed by atoms with E-state index < -0.39 is 0 Å². The monoisotopic (exact) mass is 330 g/mol. The van der Waals surface area contributed by atoms with Crippen LogP contribution in [0.1, 0.15) is 24.0 Å². The summed E-state index contributed by atoms with van der Waals surface area (Å²) < 4.78 is 0. The zero-order valence-corrected chi connectivity index (χ0v) is 13.6. The number of hydrogen-bond acceptors (Lipinski definition) is 3. The predicted octanol–water partition coefficient (Wildman–Crippen LogP) is 3.94. The van der Waals surface area contributed by atoms with Gasteiger partial charge in [-0.25, -0.2) is 0 Å². The molecule has 1 aliphatic rings. The minimum Gasteiger partial charge on any atom is -0.330 e. The molecule has 3 rings (SSSR count). The van der Waals surface area contributed by atoms with Gasteiger partial charge in [-0.3, -0.25) is 0 Å². The molecule has 0 aliphatic carbocycles. The zero-order valence-electron chi connectivity index (χ0n) is 12.1. The Morgan fingerprint density at radius 3 is 2.64 bits per heavy atom. The summed E-state index contributed by atoms with van der Waals surface area (Å²) in [5.41, 5.74) is 12.5.